The van der Waals surface area contributed by atoms with Gasteiger partial charge in [-0.2, -0.15) is 0 Å². The molecule has 1 heterocycles. The third kappa shape index (κ3) is 4.45. The number of rotatable bonds is 5. The van der Waals surface area contributed by atoms with Crippen molar-refractivity contribution in [3.05, 3.63) is 53.3 Å². The van der Waals surface area contributed by atoms with Gasteiger partial charge in [0.1, 0.15) is 11.6 Å². The first-order chi connectivity index (χ1) is 12.6. The summed E-state index contributed by atoms with van der Waals surface area (Å²) in [6, 6.07) is 12.1. The summed E-state index contributed by atoms with van der Waals surface area (Å²) in [6.07, 6.45) is 0. The van der Waals surface area contributed by atoms with Crippen LogP contribution in [0.3, 0.4) is 0 Å². The summed E-state index contributed by atoms with van der Waals surface area (Å²) >= 11 is 5.72. The minimum absolute atomic E-state index is 0.145. The van der Waals surface area contributed by atoms with Gasteiger partial charge in [-0.1, -0.05) is 23.7 Å². The second kappa shape index (κ2) is 8.38. The van der Waals surface area contributed by atoms with E-state index in [1.165, 1.54) is 12.1 Å². The van der Waals surface area contributed by atoms with Crippen LogP contribution in [0.25, 0.3) is 0 Å². The lowest BCUT2D eigenvalue weighted by Gasteiger charge is -2.36. The van der Waals surface area contributed by atoms with Gasteiger partial charge in [0.15, 0.2) is 0 Å². The number of methoxy groups -OCH3 is 1. The van der Waals surface area contributed by atoms with Crippen molar-refractivity contribution >= 4 is 28.9 Å². The molecule has 138 valence electrons. The average Bonchev–Trinajstić information content (AvgIpc) is 2.64. The van der Waals surface area contributed by atoms with Gasteiger partial charge in [0.25, 0.3) is 0 Å². The summed E-state index contributed by atoms with van der Waals surface area (Å²) in [4.78, 5) is 16.5. The lowest BCUT2D eigenvalue weighted by atomic mass is 10.2. The Hall–Kier alpha value is -2.31. The third-order valence-corrected chi connectivity index (χ3v) is 4.61. The van der Waals surface area contributed by atoms with Crippen LogP contribution in [-0.4, -0.2) is 50.6 Å². The molecule has 0 aliphatic carbocycles. The van der Waals surface area contributed by atoms with Crippen molar-refractivity contribution in [2.24, 2.45) is 0 Å². The first kappa shape index (κ1) is 18.5. The number of halogens is 2. The number of nitrogens with zero attached hydrogens (tertiary/aromatic N) is 2. The SMILES string of the molecule is COc1ccccc1N1CCN(CC(=O)Nc2ccc(Cl)cc2F)CC1. The van der Waals surface area contributed by atoms with E-state index >= 15 is 0 Å². The summed E-state index contributed by atoms with van der Waals surface area (Å²) in [5, 5.41) is 2.90. The molecule has 0 atom stereocenters. The summed E-state index contributed by atoms with van der Waals surface area (Å²) < 4.78 is 19.2. The molecule has 2 aromatic carbocycles. The Balaban J connectivity index is 1.53. The molecule has 0 aromatic heterocycles. The fourth-order valence-corrected chi connectivity index (χ4v) is 3.18. The number of hydrogen-bond donors (Lipinski definition) is 1. The first-order valence-corrected chi connectivity index (χ1v) is 8.80. The zero-order chi connectivity index (χ0) is 18.5. The molecular formula is C19H21ClFN3O2. The highest BCUT2D eigenvalue weighted by molar-refractivity contribution is 6.30. The lowest BCUT2D eigenvalue weighted by molar-refractivity contribution is -0.117. The Morgan fingerprint density at radius 2 is 1.92 bits per heavy atom. The van der Waals surface area contributed by atoms with E-state index in [1.54, 1.807) is 13.2 Å². The number of carbonyl (C=O) groups excluding carboxylic acids is 1. The number of piperazine rings is 1. The van der Waals surface area contributed by atoms with E-state index in [0.717, 1.165) is 37.6 Å². The molecule has 1 fully saturated rings. The molecule has 1 saturated heterocycles. The van der Waals surface area contributed by atoms with Crippen molar-refractivity contribution < 1.29 is 13.9 Å². The first-order valence-electron chi connectivity index (χ1n) is 8.42. The van der Waals surface area contributed by atoms with Crippen molar-refractivity contribution in [2.45, 2.75) is 0 Å². The average molecular weight is 378 g/mol. The van der Waals surface area contributed by atoms with Gasteiger partial charge in [0.05, 0.1) is 25.0 Å². The van der Waals surface area contributed by atoms with Crippen LogP contribution < -0.4 is 15.0 Å². The van der Waals surface area contributed by atoms with Crippen LogP contribution in [0.15, 0.2) is 42.5 Å². The Morgan fingerprint density at radius 3 is 2.62 bits per heavy atom. The van der Waals surface area contributed by atoms with Crippen molar-refractivity contribution in [1.82, 2.24) is 4.90 Å². The van der Waals surface area contributed by atoms with E-state index in [9.17, 15) is 9.18 Å². The molecule has 3 rings (SSSR count). The standard InChI is InChI=1S/C19H21ClFN3O2/c1-26-18-5-3-2-4-17(18)24-10-8-23(9-11-24)13-19(25)22-16-7-6-14(20)12-15(16)21/h2-7,12H,8-11,13H2,1H3,(H,22,25). The van der Waals surface area contributed by atoms with Crippen LogP contribution in [0.5, 0.6) is 5.75 Å². The number of amides is 1. The van der Waals surface area contributed by atoms with Crippen LogP contribution >= 0.6 is 11.6 Å². The second-order valence-electron chi connectivity index (χ2n) is 6.11. The predicted molar refractivity (Wildman–Crippen MR) is 102 cm³/mol. The van der Waals surface area contributed by atoms with Gasteiger partial charge in [-0.25, -0.2) is 4.39 Å². The molecule has 0 radical (unpaired) electrons. The molecule has 1 aliphatic rings. The fraction of sp³-hybridized carbons (Fsp3) is 0.316. The molecule has 0 unspecified atom stereocenters. The maximum Gasteiger partial charge on any atom is 0.238 e. The molecule has 1 amide bonds. The minimum Gasteiger partial charge on any atom is -0.495 e. The topological polar surface area (TPSA) is 44.8 Å². The highest BCUT2D eigenvalue weighted by Gasteiger charge is 2.21. The smallest absolute Gasteiger partial charge is 0.238 e. The van der Waals surface area contributed by atoms with E-state index in [4.69, 9.17) is 16.3 Å². The number of anilines is 2. The summed E-state index contributed by atoms with van der Waals surface area (Å²) in [6.45, 7) is 3.30. The molecule has 1 aliphatic heterocycles. The Kier molecular flexibility index (Phi) is 5.96. The Bertz CT molecular complexity index is 779. The maximum atomic E-state index is 13.8. The molecule has 2 aromatic rings. The van der Waals surface area contributed by atoms with E-state index in [2.05, 4.69) is 15.1 Å². The predicted octanol–water partition coefficient (Wildman–Crippen LogP) is 3.25. The van der Waals surface area contributed by atoms with Crippen LogP contribution in [0.4, 0.5) is 15.8 Å². The van der Waals surface area contributed by atoms with Crippen molar-refractivity contribution in [3.8, 4) is 5.75 Å². The minimum atomic E-state index is -0.535. The van der Waals surface area contributed by atoms with E-state index in [1.807, 2.05) is 24.3 Å². The number of carbonyl (C=O) groups is 1. The van der Waals surface area contributed by atoms with Gasteiger partial charge < -0.3 is 15.0 Å². The number of hydrogen-bond acceptors (Lipinski definition) is 4. The zero-order valence-electron chi connectivity index (χ0n) is 14.5. The number of benzene rings is 2. The van der Waals surface area contributed by atoms with Crippen molar-refractivity contribution in [3.63, 3.8) is 0 Å². The van der Waals surface area contributed by atoms with Crippen LogP contribution in [-0.2, 0) is 4.79 Å². The molecule has 5 nitrogen and oxygen atoms in total. The zero-order valence-corrected chi connectivity index (χ0v) is 15.3. The lowest BCUT2D eigenvalue weighted by Crippen LogP contribution is -2.48. The monoisotopic (exact) mass is 377 g/mol. The quantitative estimate of drug-likeness (QED) is 0.868. The summed E-state index contributed by atoms with van der Waals surface area (Å²) in [7, 11) is 1.66. The number of para-hydroxylation sites is 2. The summed E-state index contributed by atoms with van der Waals surface area (Å²) in [5.41, 5.74) is 1.20. The van der Waals surface area contributed by atoms with Gasteiger partial charge in [0.2, 0.25) is 5.91 Å². The molecule has 7 heteroatoms. The highest BCUT2D eigenvalue weighted by atomic mass is 35.5. The number of ether oxygens (including phenoxy) is 1. The fourth-order valence-electron chi connectivity index (χ4n) is 3.02. The normalized spacial score (nSPS) is 15.0. The molecule has 26 heavy (non-hydrogen) atoms. The van der Waals surface area contributed by atoms with E-state index < -0.39 is 5.82 Å². The van der Waals surface area contributed by atoms with Crippen LogP contribution in [0.1, 0.15) is 0 Å². The molecule has 0 saturated carbocycles. The highest BCUT2D eigenvalue weighted by Crippen LogP contribution is 2.28. The Labute approximate surface area is 157 Å². The van der Waals surface area contributed by atoms with Gasteiger partial charge in [-0.15, -0.1) is 0 Å². The second-order valence-corrected chi connectivity index (χ2v) is 6.54. The Morgan fingerprint density at radius 1 is 1.19 bits per heavy atom. The van der Waals surface area contributed by atoms with Crippen molar-refractivity contribution in [1.29, 1.82) is 0 Å². The largest absolute Gasteiger partial charge is 0.495 e. The molecule has 0 bridgehead atoms. The van der Waals surface area contributed by atoms with E-state index in [-0.39, 0.29) is 18.1 Å². The maximum absolute atomic E-state index is 13.8. The number of nitrogens with one attached hydrogen (secondary N) is 1. The van der Waals surface area contributed by atoms with Gasteiger partial charge in [-0.05, 0) is 30.3 Å². The third-order valence-electron chi connectivity index (χ3n) is 4.37. The molecule has 0 spiro atoms. The summed E-state index contributed by atoms with van der Waals surface area (Å²) in [5.74, 6) is 0.0701. The molecule has 1 N–H and O–H groups in total. The van der Waals surface area contributed by atoms with Gasteiger partial charge in [-0.3, -0.25) is 9.69 Å². The van der Waals surface area contributed by atoms with Gasteiger partial charge >= 0.3 is 0 Å². The van der Waals surface area contributed by atoms with Crippen LogP contribution in [0.2, 0.25) is 5.02 Å². The van der Waals surface area contributed by atoms with Crippen LogP contribution in [0, 0.1) is 5.82 Å². The van der Waals surface area contributed by atoms with Gasteiger partial charge in [0, 0.05) is 31.2 Å². The molecular weight excluding hydrogens is 357 g/mol. The van der Waals surface area contributed by atoms with Crippen molar-refractivity contribution in [2.75, 3.05) is 50.1 Å². The van der Waals surface area contributed by atoms with E-state index in [0.29, 0.717) is 5.02 Å².